The molecule has 1 fully saturated rings. The molecule has 5 nitrogen and oxygen atoms in total. The van der Waals surface area contributed by atoms with Crippen LogP contribution in [-0.4, -0.2) is 36.2 Å². The van der Waals surface area contributed by atoms with E-state index in [1.54, 1.807) is 6.08 Å². The van der Waals surface area contributed by atoms with Crippen molar-refractivity contribution in [1.29, 1.82) is 0 Å². The number of benzene rings is 2. The molecule has 28 heavy (non-hydrogen) atoms. The first-order chi connectivity index (χ1) is 13.7. The minimum absolute atomic E-state index is 0.237. The van der Waals surface area contributed by atoms with E-state index in [-0.39, 0.29) is 18.6 Å². The average molecular weight is 379 g/mol. The van der Waals surface area contributed by atoms with Gasteiger partial charge >= 0.3 is 6.09 Å². The first-order valence-corrected chi connectivity index (χ1v) is 9.56. The van der Waals surface area contributed by atoms with E-state index in [0.717, 1.165) is 17.5 Å². The lowest BCUT2D eigenvalue weighted by Crippen LogP contribution is -2.39. The number of carbonyl (C=O) groups excluding carboxylic acids is 2. The molecule has 2 aromatic carbocycles. The van der Waals surface area contributed by atoms with E-state index in [1.807, 2.05) is 60.7 Å². The number of ether oxygens (including phenoxy) is 2. The molecule has 1 aliphatic heterocycles. The second-order valence-corrected chi connectivity index (χ2v) is 6.71. The van der Waals surface area contributed by atoms with E-state index in [0.29, 0.717) is 26.1 Å². The maximum atomic E-state index is 12.4. The van der Waals surface area contributed by atoms with Gasteiger partial charge in [0.15, 0.2) is 0 Å². The molecule has 0 aromatic heterocycles. The van der Waals surface area contributed by atoms with Crippen LogP contribution in [0, 0.1) is 0 Å². The highest BCUT2D eigenvalue weighted by Crippen LogP contribution is 2.18. The van der Waals surface area contributed by atoms with Crippen LogP contribution in [-0.2, 0) is 27.3 Å². The number of rotatable bonds is 9. The van der Waals surface area contributed by atoms with Gasteiger partial charge in [0.05, 0.1) is 12.6 Å². The molecule has 1 atom stereocenters. The molecule has 0 spiro atoms. The summed E-state index contributed by atoms with van der Waals surface area (Å²) >= 11 is 0. The van der Waals surface area contributed by atoms with E-state index in [1.165, 1.54) is 11.0 Å². The van der Waals surface area contributed by atoms with E-state index < -0.39 is 6.09 Å². The molecule has 2 aromatic rings. The topological polar surface area (TPSA) is 55.8 Å². The average Bonchev–Trinajstić information content (AvgIpc) is 3.08. The zero-order valence-corrected chi connectivity index (χ0v) is 15.8. The van der Waals surface area contributed by atoms with Gasteiger partial charge in [0, 0.05) is 6.61 Å². The molecule has 0 aliphatic carbocycles. The Morgan fingerprint density at radius 1 is 1.07 bits per heavy atom. The van der Waals surface area contributed by atoms with Crippen molar-refractivity contribution in [2.24, 2.45) is 0 Å². The first kappa shape index (κ1) is 19.8. The standard InChI is InChI=1S/C23H25NO4/c25-22(14-8-3-9-15-27-17-20-12-6-2-7-13-20)24-21(18-28-23(24)26)16-19-10-4-1-5-11-19/h1-2,4-8,10-14,21H,3,9,15-18H2/b14-8+/t21-/m1/s1. The van der Waals surface area contributed by atoms with Gasteiger partial charge in [0.2, 0.25) is 0 Å². The third kappa shape index (κ3) is 5.79. The zero-order valence-electron chi connectivity index (χ0n) is 15.8. The third-order valence-electron chi connectivity index (χ3n) is 4.54. The normalized spacial score (nSPS) is 16.5. The molecular formula is C23H25NO4. The van der Waals surface area contributed by atoms with Crippen molar-refractivity contribution in [3.05, 3.63) is 83.9 Å². The fourth-order valence-electron chi connectivity index (χ4n) is 3.10. The molecule has 0 radical (unpaired) electrons. The fourth-order valence-corrected chi connectivity index (χ4v) is 3.10. The summed E-state index contributed by atoms with van der Waals surface area (Å²) in [6.07, 6.45) is 4.81. The van der Waals surface area contributed by atoms with Crippen LogP contribution in [0.15, 0.2) is 72.8 Å². The van der Waals surface area contributed by atoms with Crippen LogP contribution in [0.25, 0.3) is 0 Å². The van der Waals surface area contributed by atoms with Crippen LogP contribution < -0.4 is 0 Å². The number of hydrogen-bond acceptors (Lipinski definition) is 4. The Morgan fingerprint density at radius 3 is 2.46 bits per heavy atom. The minimum Gasteiger partial charge on any atom is -0.447 e. The number of allylic oxidation sites excluding steroid dienone is 1. The molecule has 2 amide bonds. The lowest BCUT2D eigenvalue weighted by molar-refractivity contribution is -0.124. The molecule has 0 N–H and O–H groups in total. The third-order valence-corrected chi connectivity index (χ3v) is 4.54. The van der Waals surface area contributed by atoms with Gasteiger partial charge in [-0.2, -0.15) is 0 Å². The van der Waals surface area contributed by atoms with E-state index >= 15 is 0 Å². The van der Waals surface area contributed by atoms with Gasteiger partial charge in [-0.25, -0.2) is 9.69 Å². The SMILES string of the molecule is O=C(/C=C/CCCOCc1ccccc1)N1C(=O)OC[C@H]1Cc1ccccc1. The van der Waals surface area contributed by atoms with Gasteiger partial charge in [-0.05, 0) is 36.5 Å². The Balaban J connectivity index is 1.40. The highest BCUT2D eigenvalue weighted by Gasteiger charge is 2.36. The van der Waals surface area contributed by atoms with Crippen LogP contribution in [0.3, 0.4) is 0 Å². The smallest absolute Gasteiger partial charge is 0.417 e. The van der Waals surface area contributed by atoms with Gasteiger partial charge in [-0.15, -0.1) is 0 Å². The number of carbonyl (C=O) groups is 2. The highest BCUT2D eigenvalue weighted by atomic mass is 16.6. The maximum Gasteiger partial charge on any atom is 0.417 e. The number of amides is 2. The van der Waals surface area contributed by atoms with Crippen molar-refractivity contribution in [2.45, 2.75) is 31.9 Å². The number of nitrogens with zero attached hydrogens (tertiary/aromatic N) is 1. The lowest BCUT2D eigenvalue weighted by atomic mass is 10.1. The summed E-state index contributed by atoms with van der Waals surface area (Å²) in [5.74, 6) is -0.325. The predicted octanol–water partition coefficient (Wildman–Crippen LogP) is 4.13. The molecule has 0 saturated carbocycles. The summed E-state index contributed by atoms with van der Waals surface area (Å²) in [5, 5.41) is 0. The predicted molar refractivity (Wildman–Crippen MR) is 107 cm³/mol. The second-order valence-electron chi connectivity index (χ2n) is 6.71. The Kier molecular flexibility index (Phi) is 7.38. The summed E-state index contributed by atoms with van der Waals surface area (Å²) in [6, 6.07) is 19.5. The molecule has 0 bridgehead atoms. The zero-order chi connectivity index (χ0) is 19.6. The van der Waals surface area contributed by atoms with Crippen molar-refractivity contribution in [2.75, 3.05) is 13.2 Å². The summed E-state index contributed by atoms with van der Waals surface area (Å²) in [7, 11) is 0. The Bertz CT molecular complexity index is 789. The summed E-state index contributed by atoms with van der Waals surface area (Å²) < 4.78 is 10.7. The van der Waals surface area contributed by atoms with E-state index in [2.05, 4.69) is 0 Å². The number of cyclic esters (lactones) is 1. The van der Waals surface area contributed by atoms with Crippen molar-refractivity contribution in [3.8, 4) is 0 Å². The molecule has 0 unspecified atom stereocenters. The largest absolute Gasteiger partial charge is 0.447 e. The second kappa shape index (κ2) is 10.4. The number of unbranched alkanes of at least 4 members (excludes halogenated alkanes) is 1. The molecule has 3 rings (SSSR count). The van der Waals surface area contributed by atoms with Crippen LogP contribution in [0.2, 0.25) is 0 Å². The van der Waals surface area contributed by atoms with Crippen molar-refractivity contribution in [1.82, 2.24) is 4.90 Å². The summed E-state index contributed by atoms with van der Waals surface area (Å²) in [4.78, 5) is 25.6. The van der Waals surface area contributed by atoms with Crippen LogP contribution in [0.1, 0.15) is 24.0 Å². The number of hydrogen-bond donors (Lipinski definition) is 0. The minimum atomic E-state index is -0.568. The molecule has 1 heterocycles. The first-order valence-electron chi connectivity index (χ1n) is 9.56. The van der Waals surface area contributed by atoms with Gasteiger partial charge in [-0.3, -0.25) is 4.79 Å². The Morgan fingerprint density at radius 2 is 1.75 bits per heavy atom. The van der Waals surface area contributed by atoms with Crippen molar-refractivity contribution < 1.29 is 19.1 Å². The quantitative estimate of drug-likeness (QED) is 0.486. The van der Waals surface area contributed by atoms with E-state index in [9.17, 15) is 9.59 Å². The summed E-state index contributed by atoms with van der Waals surface area (Å²) in [5.41, 5.74) is 2.22. The van der Waals surface area contributed by atoms with Gasteiger partial charge in [0.1, 0.15) is 6.61 Å². The van der Waals surface area contributed by atoms with Gasteiger partial charge in [0.25, 0.3) is 5.91 Å². The number of imide groups is 1. The fraction of sp³-hybridized carbons (Fsp3) is 0.304. The molecule has 5 heteroatoms. The Hall–Kier alpha value is -2.92. The molecular weight excluding hydrogens is 354 g/mol. The van der Waals surface area contributed by atoms with Crippen LogP contribution >= 0.6 is 0 Å². The Labute approximate surface area is 165 Å². The maximum absolute atomic E-state index is 12.4. The van der Waals surface area contributed by atoms with Gasteiger partial charge in [-0.1, -0.05) is 66.7 Å². The highest BCUT2D eigenvalue weighted by molar-refractivity contribution is 5.99. The molecule has 146 valence electrons. The van der Waals surface area contributed by atoms with E-state index in [4.69, 9.17) is 9.47 Å². The van der Waals surface area contributed by atoms with Gasteiger partial charge < -0.3 is 9.47 Å². The lowest BCUT2D eigenvalue weighted by Gasteiger charge is -2.18. The molecule has 1 aliphatic rings. The summed E-state index contributed by atoms with van der Waals surface area (Å²) in [6.45, 7) is 1.45. The van der Waals surface area contributed by atoms with Crippen LogP contribution in [0.4, 0.5) is 4.79 Å². The van der Waals surface area contributed by atoms with Crippen molar-refractivity contribution in [3.63, 3.8) is 0 Å². The van der Waals surface area contributed by atoms with Crippen LogP contribution in [0.5, 0.6) is 0 Å². The molecule has 1 saturated heterocycles. The van der Waals surface area contributed by atoms with Crippen molar-refractivity contribution >= 4 is 12.0 Å². The monoisotopic (exact) mass is 379 g/mol.